The Balaban J connectivity index is 1.25. The van der Waals surface area contributed by atoms with Crippen LogP contribution in [0.3, 0.4) is 0 Å². The number of piperazine rings is 1. The molecule has 222 valence electrons. The third kappa shape index (κ3) is 5.18. The second-order valence-corrected chi connectivity index (χ2v) is 11.6. The van der Waals surface area contributed by atoms with E-state index < -0.39 is 5.82 Å². The summed E-state index contributed by atoms with van der Waals surface area (Å²) in [7, 11) is 1.61. The van der Waals surface area contributed by atoms with Crippen LogP contribution in [0.4, 0.5) is 4.39 Å². The molecule has 0 atom stereocenters. The van der Waals surface area contributed by atoms with Gasteiger partial charge in [-0.3, -0.25) is 14.3 Å². The van der Waals surface area contributed by atoms with Gasteiger partial charge in [0.1, 0.15) is 11.4 Å². The van der Waals surface area contributed by atoms with E-state index in [1.54, 1.807) is 35.2 Å². The first kappa shape index (κ1) is 27.3. The van der Waals surface area contributed by atoms with E-state index in [1.807, 2.05) is 41.3 Å². The van der Waals surface area contributed by atoms with Crippen molar-refractivity contribution in [3.8, 4) is 16.9 Å². The topological polar surface area (TPSA) is 108 Å². The van der Waals surface area contributed by atoms with Gasteiger partial charge in [-0.25, -0.2) is 4.39 Å². The number of aromatic amines is 1. The summed E-state index contributed by atoms with van der Waals surface area (Å²) in [6.07, 6.45) is 8.33. The monoisotopic (exact) mass is 583 g/mol. The number of benzene rings is 2. The zero-order valence-electron chi connectivity index (χ0n) is 24.1. The van der Waals surface area contributed by atoms with Crippen molar-refractivity contribution in [2.45, 2.75) is 37.8 Å². The fraction of sp³-hybridized carbons (Fsp3) is 0.375. The van der Waals surface area contributed by atoms with E-state index in [-0.39, 0.29) is 29.3 Å². The van der Waals surface area contributed by atoms with Crippen LogP contribution in [0.25, 0.3) is 27.6 Å². The number of amides is 2. The lowest BCUT2D eigenvalue weighted by atomic mass is 9.93. The Labute approximate surface area is 248 Å². The number of carbonyl (C=O) groups is 2. The number of halogens is 1. The van der Waals surface area contributed by atoms with Gasteiger partial charge in [0.05, 0.1) is 25.4 Å². The van der Waals surface area contributed by atoms with E-state index in [9.17, 15) is 9.59 Å². The third-order valence-electron chi connectivity index (χ3n) is 8.87. The number of nitrogens with one attached hydrogen (secondary N) is 2. The molecular weight excluding hydrogens is 549 g/mol. The van der Waals surface area contributed by atoms with Gasteiger partial charge in [-0.05, 0) is 48.6 Å². The average molecular weight is 584 g/mol. The number of nitrogens with zero attached hydrogens (tertiary/aromatic N) is 5. The van der Waals surface area contributed by atoms with E-state index in [4.69, 9.17) is 4.74 Å². The molecule has 2 aliphatic heterocycles. The third-order valence-corrected chi connectivity index (χ3v) is 8.87. The first-order valence-electron chi connectivity index (χ1n) is 14.8. The van der Waals surface area contributed by atoms with E-state index in [1.165, 1.54) is 0 Å². The Morgan fingerprint density at radius 3 is 2.74 bits per heavy atom. The minimum atomic E-state index is -0.435. The highest BCUT2D eigenvalue weighted by atomic mass is 19.1. The molecule has 10 nitrogen and oxygen atoms in total. The SMILES string of the molecule is COc1ccccc1-c1cc(C2=CCCN(C(=O)CCn3ccnn3)C2)c(F)c2[nH]c(C(=O)N3CCNC4(CC4)C3)cc12. The first-order valence-corrected chi connectivity index (χ1v) is 14.8. The molecule has 0 radical (unpaired) electrons. The van der Waals surface area contributed by atoms with Crippen molar-refractivity contribution in [3.05, 3.63) is 71.9 Å². The van der Waals surface area contributed by atoms with Crippen molar-refractivity contribution in [3.63, 3.8) is 0 Å². The fourth-order valence-electron chi connectivity index (χ4n) is 6.36. The summed E-state index contributed by atoms with van der Waals surface area (Å²) in [5.74, 6) is 0.0623. The lowest BCUT2D eigenvalue weighted by Crippen LogP contribution is -2.54. The molecule has 0 unspecified atom stereocenters. The highest BCUT2D eigenvalue weighted by Gasteiger charge is 2.46. The molecule has 4 aromatic rings. The number of fused-ring (bicyclic) bond motifs is 1. The van der Waals surface area contributed by atoms with Crippen LogP contribution in [0.15, 0.2) is 54.9 Å². The molecule has 3 aliphatic rings. The summed E-state index contributed by atoms with van der Waals surface area (Å²) < 4.78 is 23.8. The molecule has 11 heteroatoms. The maximum Gasteiger partial charge on any atom is 0.270 e. The zero-order valence-corrected chi connectivity index (χ0v) is 24.1. The molecule has 2 aromatic heterocycles. The van der Waals surface area contributed by atoms with Crippen LogP contribution >= 0.6 is 0 Å². The van der Waals surface area contributed by atoms with Crippen molar-refractivity contribution in [2.24, 2.45) is 0 Å². The minimum absolute atomic E-state index is 0.0234. The number of hydrogen-bond donors (Lipinski definition) is 2. The van der Waals surface area contributed by atoms with Crippen molar-refractivity contribution in [1.29, 1.82) is 0 Å². The summed E-state index contributed by atoms with van der Waals surface area (Å²) in [4.78, 5) is 33.5. The molecule has 2 fully saturated rings. The van der Waals surface area contributed by atoms with Crippen molar-refractivity contribution in [1.82, 2.24) is 35.1 Å². The van der Waals surface area contributed by atoms with E-state index >= 15 is 4.39 Å². The maximum atomic E-state index is 16.5. The number of carbonyl (C=O) groups excluding carboxylic acids is 2. The minimum Gasteiger partial charge on any atom is -0.496 e. The molecule has 2 aromatic carbocycles. The summed E-state index contributed by atoms with van der Waals surface area (Å²) in [6, 6.07) is 11.2. The Morgan fingerprint density at radius 1 is 1.09 bits per heavy atom. The van der Waals surface area contributed by atoms with Crippen LogP contribution in [0, 0.1) is 5.82 Å². The van der Waals surface area contributed by atoms with Gasteiger partial charge in [0, 0.05) is 67.4 Å². The largest absolute Gasteiger partial charge is 0.496 e. The molecule has 43 heavy (non-hydrogen) atoms. The van der Waals surface area contributed by atoms with Crippen LogP contribution in [-0.4, -0.2) is 87.0 Å². The number of hydrogen-bond acceptors (Lipinski definition) is 6. The Hall–Kier alpha value is -4.51. The van der Waals surface area contributed by atoms with Gasteiger partial charge in [-0.2, -0.15) is 0 Å². The predicted octanol–water partition coefficient (Wildman–Crippen LogP) is 3.86. The summed E-state index contributed by atoms with van der Waals surface area (Å²) >= 11 is 0. The van der Waals surface area contributed by atoms with Crippen LogP contribution < -0.4 is 10.1 Å². The standard InChI is InChI=1S/C32H34FN7O3/c1-43-27-7-3-2-6-22(27)24-17-23(21-5-4-13-38(19-21)28(41)8-14-40-16-12-35-37-40)29(33)30-25(24)18-26(36-30)31(42)39-15-11-34-32(20-39)9-10-32/h2-3,5-7,12,16-18,34,36H,4,8-11,13-15,19-20H2,1H3. The first-order chi connectivity index (χ1) is 20.9. The van der Waals surface area contributed by atoms with Gasteiger partial charge in [-0.15, -0.1) is 5.10 Å². The number of ether oxygens (including phenoxy) is 1. The van der Waals surface area contributed by atoms with Gasteiger partial charge < -0.3 is 24.8 Å². The van der Waals surface area contributed by atoms with Gasteiger partial charge >= 0.3 is 0 Å². The Bertz CT molecular complexity index is 1720. The van der Waals surface area contributed by atoms with Crippen LogP contribution in [0.5, 0.6) is 5.75 Å². The molecule has 1 saturated carbocycles. The number of H-pyrrole nitrogens is 1. The quantitative estimate of drug-likeness (QED) is 0.342. The van der Waals surface area contributed by atoms with Crippen LogP contribution in [-0.2, 0) is 11.3 Å². The van der Waals surface area contributed by atoms with Crippen LogP contribution in [0.1, 0.15) is 41.7 Å². The van der Waals surface area contributed by atoms with E-state index in [2.05, 4.69) is 20.6 Å². The van der Waals surface area contributed by atoms with Crippen molar-refractivity contribution < 1.29 is 18.7 Å². The fourth-order valence-corrected chi connectivity index (χ4v) is 6.36. The van der Waals surface area contributed by atoms with Crippen molar-refractivity contribution >= 4 is 28.3 Å². The highest BCUT2D eigenvalue weighted by Crippen LogP contribution is 2.41. The van der Waals surface area contributed by atoms with Gasteiger partial charge in [0.15, 0.2) is 5.82 Å². The molecule has 1 spiro atoms. The number of rotatable bonds is 7. The smallest absolute Gasteiger partial charge is 0.270 e. The number of methoxy groups -OCH3 is 1. The lowest BCUT2D eigenvalue weighted by molar-refractivity contribution is -0.131. The molecule has 1 aliphatic carbocycles. The number of aromatic nitrogens is 4. The van der Waals surface area contributed by atoms with Gasteiger partial charge in [-0.1, -0.05) is 29.5 Å². The predicted molar refractivity (Wildman–Crippen MR) is 160 cm³/mol. The molecule has 0 bridgehead atoms. The second-order valence-electron chi connectivity index (χ2n) is 11.6. The molecular formula is C32H34FN7O3. The summed E-state index contributed by atoms with van der Waals surface area (Å²) in [6.45, 7) is 3.30. The van der Waals surface area contributed by atoms with Gasteiger partial charge in [0.25, 0.3) is 5.91 Å². The average Bonchev–Trinajstić information content (AvgIpc) is 3.40. The normalized spacial score (nSPS) is 17.8. The summed E-state index contributed by atoms with van der Waals surface area (Å²) in [5, 5.41) is 11.9. The lowest BCUT2D eigenvalue weighted by Gasteiger charge is -2.33. The molecule has 2 N–H and O–H groups in total. The molecule has 1 saturated heterocycles. The second kappa shape index (κ2) is 11.0. The van der Waals surface area contributed by atoms with E-state index in [0.717, 1.165) is 36.1 Å². The van der Waals surface area contributed by atoms with Gasteiger partial charge in [0.2, 0.25) is 5.91 Å². The zero-order chi connectivity index (χ0) is 29.6. The van der Waals surface area contributed by atoms with Crippen LogP contribution in [0.2, 0.25) is 0 Å². The number of para-hydroxylation sites is 1. The number of aryl methyl sites for hydroxylation is 1. The highest BCUT2D eigenvalue weighted by molar-refractivity contribution is 6.05. The molecule has 7 rings (SSSR count). The van der Waals surface area contributed by atoms with E-state index in [0.29, 0.717) is 61.5 Å². The molecule has 2 amide bonds. The Morgan fingerprint density at radius 2 is 1.95 bits per heavy atom. The Kier molecular flexibility index (Phi) is 6.97. The molecule has 4 heterocycles. The maximum absolute atomic E-state index is 16.5. The summed E-state index contributed by atoms with van der Waals surface area (Å²) in [5.41, 5.74) is 3.36. The van der Waals surface area contributed by atoms with Crippen molar-refractivity contribution in [2.75, 3.05) is 39.8 Å².